The van der Waals surface area contributed by atoms with Gasteiger partial charge in [-0.05, 0) is 30.3 Å². The maximum atomic E-state index is 12.8. The summed E-state index contributed by atoms with van der Waals surface area (Å²) in [5.41, 5.74) is 1.00. The van der Waals surface area contributed by atoms with E-state index < -0.39 is 0 Å². The van der Waals surface area contributed by atoms with Crippen LogP contribution in [-0.2, 0) is 9.53 Å². The Labute approximate surface area is 174 Å². The first-order valence-electron chi connectivity index (χ1n) is 9.23. The van der Waals surface area contributed by atoms with E-state index in [1.54, 1.807) is 49.5 Å². The van der Waals surface area contributed by atoms with Crippen LogP contribution < -0.4 is 14.8 Å². The van der Waals surface area contributed by atoms with Gasteiger partial charge in [-0.3, -0.25) is 9.59 Å². The Bertz CT molecular complexity index is 868. The van der Waals surface area contributed by atoms with Crippen molar-refractivity contribution >= 4 is 29.3 Å². The Morgan fingerprint density at radius 2 is 1.79 bits per heavy atom. The number of thioether (sulfide) groups is 1. The number of nitrogens with zero attached hydrogens (tertiary/aromatic N) is 1. The lowest BCUT2D eigenvalue weighted by molar-refractivity contribution is -0.113. The predicted octanol–water partition coefficient (Wildman–Crippen LogP) is 2.91. The van der Waals surface area contributed by atoms with E-state index in [4.69, 9.17) is 14.2 Å². The summed E-state index contributed by atoms with van der Waals surface area (Å²) < 4.78 is 15.8. The lowest BCUT2D eigenvalue weighted by atomic mass is 10.1. The van der Waals surface area contributed by atoms with Crippen molar-refractivity contribution in [2.45, 2.75) is 4.90 Å². The third-order valence-corrected chi connectivity index (χ3v) is 5.45. The standard InChI is InChI=1S/C21H24N2O5S/c1-26-18-8-7-15(13-19(18)27-2)29-14-20(24)22-17-6-4-3-5-16(17)21(25)23-9-11-28-12-10-23/h3-8,13H,9-12,14H2,1-2H3,(H,22,24). The van der Waals surface area contributed by atoms with Crippen molar-refractivity contribution in [3.8, 4) is 11.5 Å². The molecule has 0 atom stereocenters. The fraction of sp³-hybridized carbons (Fsp3) is 0.333. The topological polar surface area (TPSA) is 77.1 Å². The molecule has 0 aromatic heterocycles. The van der Waals surface area contributed by atoms with Crippen molar-refractivity contribution in [3.05, 3.63) is 48.0 Å². The van der Waals surface area contributed by atoms with E-state index in [0.717, 1.165) is 4.90 Å². The third-order valence-electron chi connectivity index (χ3n) is 4.45. The summed E-state index contributed by atoms with van der Waals surface area (Å²) in [6.07, 6.45) is 0. The molecule has 2 amide bonds. The smallest absolute Gasteiger partial charge is 0.256 e. The molecule has 0 spiro atoms. The molecule has 1 aliphatic rings. The average molecular weight is 416 g/mol. The molecule has 0 bridgehead atoms. The van der Waals surface area contributed by atoms with Gasteiger partial charge in [0, 0.05) is 18.0 Å². The summed E-state index contributed by atoms with van der Waals surface area (Å²) in [5, 5.41) is 2.86. The number of ether oxygens (including phenoxy) is 3. The normalized spacial score (nSPS) is 13.7. The van der Waals surface area contributed by atoms with Crippen LogP contribution in [0.5, 0.6) is 11.5 Å². The third kappa shape index (κ3) is 5.42. The van der Waals surface area contributed by atoms with Crippen LogP contribution in [0.2, 0.25) is 0 Å². The summed E-state index contributed by atoms with van der Waals surface area (Å²) in [7, 11) is 3.15. The van der Waals surface area contributed by atoms with Gasteiger partial charge in [-0.1, -0.05) is 12.1 Å². The zero-order valence-corrected chi connectivity index (χ0v) is 17.3. The summed E-state index contributed by atoms with van der Waals surface area (Å²) in [6.45, 7) is 2.16. The van der Waals surface area contributed by atoms with Crippen molar-refractivity contribution in [1.82, 2.24) is 4.90 Å². The average Bonchev–Trinajstić information content (AvgIpc) is 2.78. The van der Waals surface area contributed by atoms with E-state index in [-0.39, 0.29) is 17.6 Å². The van der Waals surface area contributed by atoms with E-state index in [9.17, 15) is 9.59 Å². The number of anilines is 1. The molecule has 0 aliphatic carbocycles. The summed E-state index contributed by atoms with van der Waals surface area (Å²) in [5.74, 6) is 1.16. The van der Waals surface area contributed by atoms with Crippen molar-refractivity contribution in [3.63, 3.8) is 0 Å². The van der Waals surface area contributed by atoms with Gasteiger partial charge >= 0.3 is 0 Å². The van der Waals surface area contributed by atoms with Gasteiger partial charge in [0.1, 0.15) is 0 Å². The number of carbonyl (C=O) groups is 2. The minimum Gasteiger partial charge on any atom is -0.493 e. The first-order chi connectivity index (χ1) is 14.1. The number of amides is 2. The van der Waals surface area contributed by atoms with Crippen LogP contribution in [0.1, 0.15) is 10.4 Å². The monoisotopic (exact) mass is 416 g/mol. The Hall–Kier alpha value is -2.71. The van der Waals surface area contributed by atoms with Gasteiger partial charge in [-0.25, -0.2) is 0 Å². The Morgan fingerprint density at radius 1 is 1.07 bits per heavy atom. The fourth-order valence-electron chi connectivity index (χ4n) is 2.96. The highest BCUT2D eigenvalue weighted by Gasteiger charge is 2.21. The molecular formula is C21H24N2O5S. The van der Waals surface area contributed by atoms with Crippen molar-refractivity contribution < 1.29 is 23.8 Å². The van der Waals surface area contributed by atoms with Gasteiger partial charge in [0.25, 0.3) is 5.91 Å². The number of methoxy groups -OCH3 is 2. The predicted molar refractivity (Wildman–Crippen MR) is 112 cm³/mol. The Morgan fingerprint density at radius 3 is 2.52 bits per heavy atom. The van der Waals surface area contributed by atoms with Gasteiger partial charge in [0.15, 0.2) is 11.5 Å². The zero-order valence-electron chi connectivity index (χ0n) is 16.5. The number of para-hydroxylation sites is 1. The van der Waals surface area contributed by atoms with Crippen LogP contribution in [-0.4, -0.2) is 63.0 Å². The summed E-state index contributed by atoms with van der Waals surface area (Å²) in [4.78, 5) is 27.9. The first-order valence-corrected chi connectivity index (χ1v) is 10.2. The SMILES string of the molecule is COc1ccc(SCC(=O)Nc2ccccc2C(=O)N2CCOCC2)cc1OC. The van der Waals surface area contributed by atoms with Crippen LogP contribution in [0.4, 0.5) is 5.69 Å². The highest BCUT2D eigenvalue weighted by molar-refractivity contribution is 8.00. The lowest BCUT2D eigenvalue weighted by Gasteiger charge is -2.27. The fourth-order valence-corrected chi connectivity index (χ4v) is 3.68. The number of hydrogen-bond donors (Lipinski definition) is 1. The van der Waals surface area contributed by atoms with Gasteiger partial charge < -0.3 is 24.4 Å². The maximum Gasteiger partial charge on any atom is 0.256 e. The largest absolute Gasteiger partial charge is 0.493 e. The highest BCUT2D eigenvalue weighted by Crippen LogP contribution is 2.32. The number of morpholine rings is 1. The maximum absolute atomic E-state index is 12.8. The number of hydrogen-bond acceptors (Lipinski definition) is 6. The van der Waals surface area contributed by atoms with E-state index in [0.29, 0.717) is 49.1 Å². The van der Waals surface area contributed by atoms with E-state index in [1.807, 2.05) is 12.1 Å². The first kappa shape index (κ1) is 21.0. The minimum atomic E-state index is -0.188. The molecule has 1 saturated heterocycles. The second-order valence-corrected chi connectivity index (χ2v) is 7.35. The highest BCUT2D eigenvalue weighted by atomic mass is 32.2. The Balaban J connectivity index is 1.63. The van der Waals surface area contributed by atoms with Crippen LogP contribution in [0.15, 0.2) is 47.4 Å². The molecule has 2 aromatic carbocycles. The summed E-state index contributed by atoms with van der Waals surface area (Å²) in [6, 6.07) is 12.6. The van der Waals surface area contributed by atoms with Crippen LogP contribution in [0, 0.1) is 0 Å². The molecule has 2 aromatic rings. The number of carbonyl (C=O) groups excluding carboxylic acids is 2. The molecule has 7 nitrogen and oxygen atoms in total. The molecule has 154 valence electrons. The lowest BCUT2D eigenvalue weighted by Crippen LogP contribution is -2.41. The molecular weight excluding hydrogens is 392 g/mol. The van der Waals surface area contributed by atoms with Crippen LogP contribution in [0.3, 0.4) is 0 Å². The molecule has 8 heteroatoms. The number of rotatable bonds is 7. The number of nitrogens with one attached hydrogen (secondary N) is 1. The molecule has 1 aliphatic heterocycles. The van der Waals surface area contributed by atoms with Crippen molar-refractivity contribution in [2.24, 2.45) is 0 Å². The van der Waals surface area contributed by atoms with Gasteiger partial charge in [0.2, 0.25) is 5.91 Å². The molecule has 29 heavy (non-hydrogen) atoms. The molecule has 1 heterocycles. The van der Waals surface area contributed by atoms with E-state index >= 15 is 0 Å². The molecule has 1 fully saturated rings. The summed E-state index contributed by atoms with van der Waals surface area (Å²) >= 11 is 1.38. The molecule has 0 unspecified atom stereocenters. The van der Waals surface area contributed by atoms with Crippen LogP contribution >= 0.6 is 11.8 Å². The van der Waals surface area contributed by atoms with Gasteiger partial charge in [-0.15, -0.1) is 11.8 Å². The second kappa shape index (κ2) is 10.2. The second-order valence-electron chi connectivity index (χ2n) is 6.30. The van der Waals surface area contributed by atoms with E-state index in [1.165, 1.54) is 11.8 Å². The zero-order chi connectivity index (χ0) is 20.6. The minimum absolute atomic E-state index is 0.100. The quantitative estimate of drug-likeness (QED) is 0.700. The molecule has 1 N–H and O–H groups in total. The van der Waals surface area contributed by atoms with Gasteiger partial charge in [-0.2, -0.15) is 0 Å². The van der Waals surface area contributed by atoms with E-state index in [2.05, 4.69) is 5.32 Å². The number of benzene rings is 2. The molecule has 0 saturated carbocycles. The Kier molecular flexibility index (Phi) is 7.37. The van der Waals surface area contributed by atoms with Gasteiger partial charge in [0.05, 0.1) is 44.4 Å². The molecule has 0 radical (unpaired) electrons. The van der Waals surface area contributed by atoms with Crippen molar-refractivity contribution in [2.75, 3.05) is 51.6 Å². The van der Waals surface area contributed by atoms with Crippen molar-refractivity contribution in [1.29, 1.82) is 0 Å². The molecule has 3 rings (SSSR count). The van der Waals surface area contributed by atoms with Crippen LogP contribution in [0.25, 0.3) is 0 Å².